The summed E-state index contributed by atoms with van der Waals surface area (Å²) in [4.78, 5) is 16.3. The zero-order chi connectivity index (χ0) is 18.0. The molecule has 8 nitrogen and oxygen atoms in total. The van der Waals surface area contributed by atoms with Crippen LogP contribution >= 0.6 is 0 Å². The molecule has 0 aromatic carbocycles. The summed E-state index contributed by atoms with van der Waals surface area (Å²) in [6.07, 6.45) is 5.80. The summed E-state index contributed by atoms with van der Waals surface area (Å²) in [6.45, 7) is 4.54. The molecule has 0 bridgehead atoms. The minimum absolute atomic E-state index is 0.0192. The monoisotopic (exact) mass is 360 g/mol. The lowest BCUT2D eigenvalue weighted by Crippen LogP contribution is -2.11. The van der Waals surface area contributed by atoms with E-state index < -0.39 is 9.84 Å². The third kappa shape index (κ3) is 3.46. The summed E-state index contributed by atoms with van der Waals surface area (Å²) in [5.74, 6) is 1.27. The number of pyridine rings is 1. The summed E-state index contributed by atoms with van der Waals surface area (Å²) >= 11 is 0. The maximum Gasteiger partial charge on any atom is 0.246 e. The SMILES string of the molecule is Cc1cnc(N)c2nc(C)n(CCCCS(=O)(=O)c3ncccn3)c12. The Hall–Kier alpha value is -2.55. The molecule has 3 aromatic heterocycles. The molecular weight excluding hydrogens is 340 g/mol. The molecule has 2 N–H and O–H groups in total. The van der Waals surface area contributed by atoms with E-state index in [0.717, 1.165) is 16.9 Å². The van der Waals surface area contributed by atoms with Crippen molar-refractivity contribution in [2.75, 3.05) is 11.5 Å². The van der Waals surface area contributed by atoms with Crippen LogP contribution in [0.3, 0.4) is 0 Å². The van der Waals surface area contributed by atoms with Gasteiger partial charge in [0.15, 0.2) is 5.82 Å². The van der Waals surface area contributed by atoms with Crippen LogP contribution in [0.2, 0.25) is 0 Å². The molecule has 3 heterocycles. The second-order valence-electron chi connectivity index (χ2n) is 5.89. The Morgan fingerprint density at radius 3 is 2.56 bits per heavy atom. The van der Waals surface area contributed by atoms with Gasteiger partial charge in [-0.05, 0) is 38.3 Å². The zero-order valence-corrected chi connectivity index (χ0v) is 15.0. The number of nitrogen functional groups attached to an aromatic ring is 1. The molecular formula is C16H20N6O2S. The van der Waals surface area contributed by atoms with Gasteiger partial charge in [0.05, 0.1) is 11.3 Å². The van der Waals surface area contributed by atoms with Gasteiger partial charge in [-0.2, -0.15) is 0 Å². The summed E-state index contributed by atoms with van der Waals surface area (Å²) in [7, 11) is -3.45. The second kappa shape index (κ2) is 6.75. The molecule has 0 aliphatic heterocycles. The van der Waals surface area contributed by atoms with Crippen LogP contribution in [-0.4, -0.2) is 38.7 Å². The van der Waals surface area contributed by atoms with E-state index in [1.807, 2.05) is 13.8 Å². The summed E-state index contributed by atoms with van der Waals surface area (Å²) < 4.78 is 26.5. The van der Waals surface area contributed by atoms with Crippen molar-refractivity contribution in [2.45, 2.75) is 38.4 Å². The van der Waals surface area contributed by atoms with E-state index in [0.29, 0.717) is 30.7 Å². The van der Waals surface area contributed by atoms with Gasteiger partial charge in [-0.25, -0.2) is 28.4 Å². The third-order valence-corrected chi connectivity index (χ3v) is 5.63. The lowest BCUT2D eigenvalue weighted by atomic mass is 10.2. The number of hydrogen-bond acceptors (Lipinski definition) is 7. The Balaban J connectivity index is 1.70. The van der Waals surface area contributed by atoms with E-state index >= 15 is 0 Å². The Bertz CT molecular complexity index is 998. The molecule has 0 amide bonds. The van der Waals surface area contributed by atoms with E-state index in [-0.39, 0.29) is 10.9 Å². The number of sulfone groups is 1. The van der Waals surface area contributed by atoms with Gasteiger partial charge >= 0.3 is 0 Å². The highest BCUT2D eigenvalue weighted by Crippen LogP contribution is 2.23. The first kappa shape index (κ1) is 17.3. The Labute approximate surface area is 146 Å². The van der Waals surface area contributed by atoms with Crippen LogP contribution in [0.25, 0.3) is 11.0 Å². The van der Waals surface area contributed by atoms with Crippen LogP contribution in [0.5, 0.6) is 0 Å². The molecule has 25 heavy (non-hydrogen) atoms. The van der Waals surface area contributed by atoms with E-state index in [4.69, 9.17) is 5.73 Å². The van der Waals surface area contributed by atoms with Gasteiger partial charge in [0.1, 0.15) is 11.3 Å². The maximum absolute atomic E-state index is 12.2. The van der Waals surface area contributed by atoms with Gasteiger partial charge in [-0.3, -0.25) is 0 Å². The van der Waals surface area contributed by atoms with Crippen molar-refractivity contribution >= 4 is 26.7 Å². The van der Waals surface area contributed by atoms with Gasteiger partial charge in [-0.1, -0.05) is 0 Å². The first-order valence-corrected chi connectivity index (χ1v) is 9.63. The highest BCUT2D eigenvalue weighted by Gasteiger charge is 2.17. The maximum atomic E-state index is 12.2. The quantitative estimate of drug-likeness (QED) is 0.525. The highest BCUT2D eigenvalue weighted by molar-refractivity contribution is 7.91. The average Bonchev–Trinajstić information content (AvgIpc) is 2.94. The van der Waals surface area contributed by atoms with Crippen LogP contribution in [-0.2, 0) is 16.4 Å². The lowest BCUT2D eigenvalue weighted by molar-refractivity contribution is 0.575. The van der Waals surface area contributed by atoms with Crippen molar-refractivity contribution in [1.29, 1.82) is 0 Å². The number of hydrogen-bond donors (Lipinski definition) is 1. The van der Waals surface area contributed by atoms with Crippen molar-refractivity contribution in [2.24, 2.45) is 0 Å². The molecule has 9 heteroatoms. The van der Waals surface area contributed by atoms with Crippen molar-refractivity contribution in [1.82, 2.24) is 24.5 Å². The molecule has 0 spiro atoms. The number of nitrogens with zero attached hydrogens (tertiary/aromatic N) is 5. The molecule has 3 aromatic rings. The van der Waals surface area contributed by atoms with E-state index in [1.54, 1.807) is 12.3 Å². The number of nitrogens with two attached hydrogens (primary N) is 1. The van der Waals surface area contributed by atoms with Gasteiger partial charge in [0.25, 0.3) is 0 Å². The van der Waals surface area contributed by atoms with Crippen LogP contribution in [0, 0.1) is 13.8 Å². The topological polar surface area (TPSA) is 117 Å². The number of unbranched alkanes of at least 4 members (excludes halogenated alkanes) is 1. The Kier molecular flexibility index (Phi) is 4.67. The second-order valence-corrected chi connectivity index (χ2v) is 7.89. The van der Waals surface area contributed by atoms with Crippen LogP contribution < -0.4 is 5.73 Å². The summed E-state index contributed by atoms with van der Waals surface area (Å²) in [5.41, 5.74) is 8.55. The van der Waals surface area contributed by atoms with E-state index in [1.165, 1.54) is 12.4 Å². The minimum Gasteiger partial charge on any atom is -0.382 e. The van der Waals surface area contributed by atoms with Gasteiger partial charge in [0, 0.05) is 25.1 Å². The molecule has 0 radical (unpaired) electrons. The number of imidazole rings is 1. The first-order valence-electron chi connectivity index (χ1n) is 7.98. The minimum atomic E-state index is -3.45. The Morgan fingerprint density at radius 1 is 1.12 bits per heavy atom. The molecule has 0 fully saturated rings. The van der Waals surface area contributed by atoms with Gasteiger partial charge in [0.2, 0.25) is 15.0 Å². The fourth-order valence-corrected chi connectivity index (χ4v) is 4.01. The first-order chi connectivity index (χ1) is 11.9. The van der Waals surface area contributed by atoms with Crippen LogP contribution in [0.4, 0.5) is 5.82 Å². The van der Waals surface area contributed by atoms with Crippen molar-refractivity contribution in [3.05, 3.63) is 36.0 Å². The van der Waals surface area contributed by atoms with E-state index in [9.17, 15) is 8.42 Å². The lowest BCUT2D eigenvalue weighted by Gasteiger charge is -2.09. The number of aryl methyl sites for hydroxylation is 3. The zero-order valence-electron chi connectivity index (χ0n) is 14.2. The van der Waals surface area contributed by atoms with Crippen LogP contribution in [0.15, 0.2) is 29.8 Å². The van der Waals surface area contributed by atoms with Crippen molar-refractivity contribution < 1.29 is 8.42 Å². The number of anilines is 1. The normalized spacial score (nSPS) is 11.9. The molecule has 0 saturated carbocycles. The molecule has 0 saturated heterocycles. The smallest absolute Gasteiger partial charge is 0.246 e. The summed E-state index contributed by atoms with van der Waals surface area (Å²) in [6, 6.07) is 1.59. The van der Waals surface area contributed by atoms with Crippen molar-refractivity contribution in [3.63, 3.8) is 0 Å². The third-order valence-electron chi connectivity index (χ3n) is 4.04. The van der Waals surface area contributed by atoms with E-state index in [2.05, 4.69) is 24.5 Å². The summed E-state index contributed by atoms with van der Waals surface area (Å²) in [5, 5.41) is -0.117. The molecule has 3 rings (SSSR count). The Morgan fingerprint density at radius 2 is 1.84 bits per heavy atom. The molecule has 0 unspecified atom stereocenters. The molecule has 0 atom stereocenters. The number of fused-ring (bicyclic) bond motifs is 1. The standard InChI is InChI=1S/C16H20N6O2S/c1-11-10-20-15(17)13-14(11)22(12(2)21-13)8-3-4-9-25(23,24)16-18-6-5-7-19-16/h5-7,10H,3-4,8-9H2,1-2H3,(H2,17,20). The number of aromatic nitrogens is 5. The molecule has 132 valence electrons. The fourth-order valence-electron chi connectivity index (χ4n) is 2.80. The number of rotatable bonds is 6. The predicted molar refractivity (Wildman–Crippen MR) is 94.7 cm³/mol. The van der Waals surface area contributed by atoms with Crippen LogP contribution in [0.1, 0.15) is 24.2 Å². The van der Waals surface area contributed by atoms with Gasteiger partial charge in [-0.15, -0.1) is 0 Å². The molecule has 0 aliphatic carbocycles. The highest BCUT2D eigenvalue weighted by atomic mass is 32.2. The largest absolute Gasteiger partial charge is 0.382 e. The van der Waals surface area contributed by atoms with Gasteiger partial charge < -0.3 is 10.3 Å². The molecule has 0 aliphatic rings. The van der Waals surface area contributed by atoms with Crippen molar-refractivity contribution in [3.8, 4) is 0 Å². The fraction of sp³-hybridized carbons (Fsp3) is 0.375. The predicted octanol–water partition coefficient (Wildman–Crippen LogP) is 1.67. The average molecular weight is 360 g/mol.